The number of nitrogens with one attached hydrogen (secondary N) is 1. The molecule has 0 saturated heterocycles. The number of carbonyl (C=O) groups excluding carboxylic acids is 2. The fourth-order valence-electron chi connectivity index (χ4n) is 1.76. The summed E-state index contributed by atoms with van der Waals surface area (Å²) in [6.45, 7) is 1.12. The summed E-state index contributed by atoms with van der Waals surface area (Å²) >= 11 is 3.38. The van der Waals surface area contributed by atoms with Crippen LogP contribution >= 0.6 is 15.9 Å². The third-order valence-corrected chi connectivity index (χ3v) is 3.40. The van der Waals surface area contributed by atoms with Crippen LogP contribution in [0.5, 0.6) is 0 Å². The molecular formula is C14H20BrN3O2. The lowest BCUT2D eigenvalue weighted by molar-refractivity contribution is -0.130. The zero-order chi connectivity index (χ0) is 15.0. The maximum atomic E-state index is 11.9. The number of rotatable bonds is 7. The SMILES string of the molecule is CN(Cc1ccc(Br)cc1)C(=O)CCCCNC(N)=O. The number of primary amides is 1. The zero-order valence-electron chi connectivity index (χ0n) is 11.6. The molecule has 0 radical (unpaired) electrons. The van der Waals surface area contributed by atoms with Crippen LogP contribution in [0.3, 0.4) is 0 Å². The second-order valence-electron chi connectivity index (χ2n) is 4.62. The van der Waals surface area contributed by atoms with Crippen LogP contribution in [0.2, 0.25) is 0 Å². The lowest BCUT2D eigenvalue weighted by Crippen LogP contribution is -2.30. The number of halogens is 1. The average Bonchev–Trinajstić information content (AvgIpc) is 2.40. The van der Waals surface area contributed by atoms with E-state index in [-0.39, 0.29) is 5.91 Å². The van der Waals surface area contributed by atoms with Crippen molar-refractivity contribution in [1.29, 1.82) is 0 Å². The van der Waals surface area contributed by atoms with Crippen LogP contribution in [-0.2, 0) is 11.3 Å². The van der Waals surface area contributed by atoms with Crippen LogP contribution < -0.4 is 11.1 Å². The first-order chi connectivity index (χ1) is 9.49. The van der Waals surface area contributed by atoms with Crippen molar-refractivity contribution in [2.45, 2.75) is 25.8 Å². The Kier molecular flexibility index (Phi) is 7.08. The Morgan fingerprint density at radius 1 is 1.25 bits per heavy atom. The Morgan fingerprint density at radius 2 is 1.90 bits per heavy atom. The predicted octanol–water partition coefficient (Wildman–Crippen LogP) is 2.25. The maximum absolute atomic E-state index is 11.9. The topological polar surface area (TPSA) is 75.4 Å². The number of nitrogens with zero attached hydrogens (tertiary/aromatic N) is 1. The molecule has 1 rings (SSSR count). The summed E-state index contributed by atoms with van der Waals surface area (Å²) in [4.78, 5) is 24.1. The molecule has 20 heavy (non-hydrogen) atoms. The molecule has 0 spiro atoms. The lowest BCUT2D eigenvalue weighted by atomic mass is 10.2. The van der Waals surface area contributed by atoms with Gasteiger partial charge in [0.1, 0.15) is 0 Å². The Hall–Kier alpha value is -1.56. The van der Waals surface area contributed by atoms with E-state index >= 15 is 0 Å². The van der Waals surface area contributed by atoms with Crippen molar-refractivity contribution in [1.82, 2.24) is 10.2 Å². The summed E-state index contributed by atoms with van der Waals surface area (Å²) < 4.78 is 1.03. The third kappa shape index (κ3) is 6.56. The summed E-state index contributed by atoms with van der Waals surface area (Å²) in [6.07, 6.45) is 1.97. The first-order valence-electron chi connectivity index (χ1n) is 6.50. The minimum Gasteiger partial charge on any atom is -0.352 e. The van der Waals surface area contributed by atoms with Crippen molar-refractivity contribution in [3.05, 3.63) is 34.3 Å². The molecule has 0 fully saturated rings. The molecule has 0 saturated carbocycles. The van der Waals surface area contributed by atoms with E-state index in [9.17, 15) is 9.59 Å². The fourth-order valence-corrected chi connectivity index (χ4v) is 2.02. The molecule has 1 aromatic rings. The van der Waals surface area contributed by atoms with Gasteiger partial charge in [-0.25, -0.2) is 4.79 Å². The molecule has 0 atom stereocenters. The van der Waals surface area contributed by atoms with Crippen LogP contribution in [0.1, 0.15) is 24.8 Å². The highest BCUT2D eigenvalue weighted by Gasteiger charge is 2.08. The van der Waals surface area contributed by atoms with Gasteiger partial charge in [0.15, 0.2) is 0 Å². The summed E-state index contributed by atoms with van der Waals surface area (Å²) in [5, 5.41) is 2.50. The molecule has 6 heteroatoms. The molecule has 3 N–H and O–H groups in total. The Balaban J connectivity index is 2.25. The van der Waals surface area contributed by atoms with E-state index in [1.165, 1.54) is 0 Å². The van der Waals surface area contributed by atoms with Crippen LogP contribution in [0.15, 0.2) is 28.7 Å². The van der Waals surface area contributed by atoms with E-state index in [2.05, 4.69) is 21.2 Å². The lowest BCUT2D eigenvalue weighted by Gasteiger charge is -2.17. The number of hydrogen-bond acceptors (Lipinski definition) is 2. The molecule has 5 nitrogen and oxygen atoms in total. The van der Waals surface area contributed by atoms with Crippen LogP contribution in [0, 0.1) is 0 Å². The highest BCUT2D eigenvalue weighted by Crippen LogP contribution is 2.12. The van der Waals surface area contributed by atoms with Crippen molar-refractivity contribution in [3.8, 4) is 0 Å². The number of unbranched alkanes of at least 4 members (excludes halogenated alkanes) is 1. The predicted molar refractivity (Wildman–Crippen MR) is 82.1 cm³/mol. The van der Waals surface area contributed by atoms with Gasteiger partial charge in [-0.15, -0.1) is 0 Å². The van der Waals surface area contributed by atoms with Gasteiger partial charge >= 0.3 is 6.03 Å². The number of carbonyl (C=O) groups is 2. The maximum Gasteiger partial charge on any atom is 0.312 e. The van der Waals surface area contributed by atoms with Crippen molar-refractivity contribution in [3.63, 3.8) is 0 Å². The van der Waals surface area contributed by atoms with Gasteiger partial charge in [0.05, 0.1) is 0 Å². The van der Waals surface area contributed by atoms with Crippen molar-refractivity contribution < 1.29 is 9.59 Å². The van der Waals surface area contributed by atoms with E-state index in [0.717, 1.165) is 22.9 Å². The molecule has 0 aliphatic carbocycles. The number of nitrogens with two attached hydrogens (primary N) is 1. The summed E-state index contributed by atoms with van der Waals surface area (Å²) in [5.74, 6) is 0.104. The first-order valence-corrected chi connectivity index (χ1v) is 7.30. The van der Waals surface area contributed by atoms with Gasteiger partial charge in [-0.1, -0.05) is 28.1 Å². The quantitative estimate of drug-likeness (QED) is 0.746. The fraction of sp³-hybridized carbons (Fsp3) is 0.429. The molecule has 0 unspecified atom stereocenters. The van der Waals surface area contributed by atoms with Crippen molar-refractivity contribution in [2.75, 3.05) is 13.6 Å². The van der Waals surface area contributed by atoms with E-state index in [1.807, 2.05) is 24.3 Å². The second kappa shape index (κ2) is 8.58. The second-order valence-corrected chi connectivity index (χ2v) is 5.54. The summed E-state index contributed by atoms with van der Waals surface area (Å²) in [7, 11) is 1.80. The molecule has 1 aromatic carbocycles. The minimum atomic E-state index is -0.524. The Morgan fingerprint density at radius 3 is 2.50 bits per heavy atom. The number of benzene rings is 1. The van der Waals surface area contributed by atoms with Gasteiger partial charge in [-0.05, 0) is 30.5 Å². The summed E-state index contributed by atoms with van der Waals surface area (Å²) in [5.41, 5.74) is 6.05. The average molecular weight is 342 g/mol. The summed E-state index contributed by atoms with van der Waals surface area (Å²) in [6, 6.07) is 7.38. The largest absolute Gasteiger partial charge is 0.352 e. The molecule has 0 aliphatic heterocycles. The van der Waals surface area contributed by atoms with Gasteiger partial charge in [0.25, 0.3) is 0 Å². The molecule has 110 valence electrons. The molecule has 0 aromatic heterocycles. The van der Waals surface area contributed by atoms with Crippen molar-refractivity contribution in [2.24, 2.45) is 5.73 Å². The van der Waals surface area contributed by atoms with Crippen LogP contribution in [-0.4, -0.2) is 30.4 Å². The van der Waals surface area contributed by atoms with Gasteiger partial charge in [-0.2, -0.15) is 0 Å². The molecule has 0 aliphatic rings. The highest BCUT2D eigenvalue weighted by atomic mass is 79.9. The standard InChI is InChI=1S/C14H20BrN3O2/c1-18(10-11-5-7-12(15)8-6-11)13(19)4-2-3-9-17-14(16)20/h5-8H,2-4,9-10H2,1H3,(H3,16,17,20). The smallest absolute Gasteiger partial charge is 0.312 e. The van der Waals surface area contributed by atoms with E-state index in [1.54, 1.807) is 11.9 Å². The number of amides is 3. The minimum absolute atomic E-state index is 0.104. The van der Waals surface area contributed by atoms with E-state index in [4.69, 9.17) is 5.73 Å². The van der Waals surface area contributed by atoms with Gasteiger partial charge in [0, 0.05) is 31.0 Å². The van der Waals surface area contributed by atoms with Gasteiger partial charge in [0.2, 0.25) is 5.91 Å². The molecular weight excluding hydrogens is 322 g/mol. The Labute approximate surface area is 127 Å². The third-order valence-electron chi connectivity index (χ3n) is 2.88. The van der Waals surface area contributed by atoms with Gasteiger partial charge < -0.3 is 16.0 Å². The van der Waals surface area contributed by atoms with Crippen LogP contribution in [0.4, 0.5) is 4.79 Å². The van der Waals surface area contributed by atoms with Crippen LogP contribution in [0.25, 0.3) is 0 Å². The number of urea groups is 1. The first kappa shape index (κ1) is 16.5. The number of hydrogen-bond donors (Lipinski definition) is 2. The van der Waals surface area contributed by atoms with Gasteiger partial charge in [-0.3, -0.25) is 4.79 Å². The monoisotopic (exact) mass is 341 g/mol. The Bertz CT molecular complexity index is 448. The molecule has 0 bridgehead atoms. The molecule has 0 heterocycles. The normalized spacial score (nSPS) is 10.1. The van der Waals surface area contributed by atoms with Crippen molar-refractivity contribution >= 4 is 27.9 Å². The van der Waals surface area contributed by atoms with E-state index in [0.29, 0.717) is 19.5 Å². The highest BCUT2D eigenvalue weighted by molar-refractivity contribution is 9.10. The van der Waals surface area contributed by atoms with E-state index < -0.39 is 6.03 Å². The zero-order valence-corrected chi connectivity index (χ0v) is 13.1. The molecule has 3 amide bonds.